The molecule has 0 fully saturated rings. The van der Waals surface area contributed by atoms with Crippen LogP contribution in [0.5, 0.6) is 0 Å². The molecule has 1 atom stereocenters. The molecule has 3 rings (SSSR count). The highest BCUT2D eigenvalue weighted by atomic mass is 35.5. The number of aromatic amines is 1. The van der Waals surface area contributed by atoms with E-state index in [0.717, 1.165) is 16.7 Å². The van der Waals surface area contributed by atoms with Gasteiger partial charge in [-0.1, -0.05) is 37.0 Å². The van der Waals surface area contributed by atoms with Crippen LogP contribution < -0.4 is 21.9 Å². The second-order valence-corrected chi connectivity index (χ2v) is 8.11. The van der Waals surface area contributed by atoms with Crippen molar-refractivity contribution >= 4 is 40.8 Å². The summed E-state index contributed by atoms with van der Waals surface area (Å²) in [5.41, 5.74) is -7.74. The van der Waals surface area contributed by atoms with E-state index in [1.165, 1.54) is 6.07 Å². The fourth-order valence-corrected chi connectivity index (χ4v) is 3.77. The highest BCUT2D eigenvalue weighted by Gasteiger charge is 2.68. The Morgan fingerprint density at radius 3 is 2.42 bits per heavy atom. The number of anilines is 1. The van der Waals surface area contributed by atoms with Gasteiger partial charge < -0.3 is 10.6 Å². The van der Waals surface area contributed by atoms with Gasteiger partial charge in [0.15, 0.2) is 0 Å². The number of hydrogen-bond acceptors (Lipinski definition) is 4. The molecule has 1 aromatic carbocycles. The van der Waals surface area contributed by atoms with Crippen molar-refractivity contribution < 1.29 is 22.8 Å². The minimum atomic E-state index is -5.44. The summed E-state index contributed by atoms with van der Waals surface area (Å²) in [6, 6.07) is 3.42. The van der Waals surface area contributed by atoms with Crippen LogP contribution in [0.15, 0.2) is 27.8 Å². The Bertz CT molecular complexity index is 1210. The van der Waals surface area contributed by atoms with Crippen LogP contribution in [0.2, 0.25) is 10.0 Å². The van der Waals surface area contributed by atoms with E-state index >= 15 is 0 Å². The summed E-state index contributed by atoms with van der Waals surface area (Å²) in [7, 11) is 0. The number of nitrogens with zero attached hydrogens (tertiary/aromatic N) is 1. The number of alkyl halides is 3. The van der Waals surface area contributed by atoms with Gasteiger partial charge in [0, 0.05) is 11.6 Å². The molecule has 8 nitrogen and oxygen atoms in total. The summed E-state index contributed by atoms with van der Waals surface area (Å²) in [5.74, 6) is -3.95. The molecule has 31 heavy (non-hydrogen) atoms. The van der Waals surface area contributed by atoms with Gasteiger partial charge in [-0.15, -0.1) is 0 Å². The van der Waals surface area contributed by atoms with E-state index in [0.29, 0.717) is 0 Å². The second-order valence-electron chi connectivity index (χ2n) is 7.27. The first-order chi connectivity index (χ1) is 14.3. The van der Waals surface area contributed by atoms with Crippen LogP contribution in [0.3, 0.4) is 0 Å². The molecule has 1 aliphatic heterocycles. The number of hydrogen-bond donors (Lipinski definition) is 3. The van der Waals surface area contributed by atoms with Crippen molar-refractivity contribution in [3.05, 3.63) is 60.2 Å². The second kappa shape index (κ2) is 7.72. The summed E-state index contributed by atoms with van der Waals surface area (Å²) in [4.78, 5) is 51.7. The molecule has 0 spiro atoms. The summed E-state index contributed by atoms with van der Waals surface area (Å²) in [6.07, 6.45) is -5.44. The Kier molecular flexibility index (Phi) is 5.70. The van der Waals surface area contributed by atoms with E-state index < -0.39 is 51.7 Å². The molecule has 2 aromatic rings. The smallest absolute Gasteiger partial charge is 0.326 e. The molecule has 13 heteroatoms. The Hall–Kier alpha value is -2.79. The van der Waals surface area contributed by atoms with Crippen LogP contribution >= 0.6 is 23.2 Å². The third-order valence-corrected chi connectivity index (χ3v) is 5.14. The van der Waals surface area contributed by atoms with Gasteiger partial charge in [-0.3, -0.25) is 23.9 Å². The van der Waals surface area contributed by atoms with Gasteiger partial charge in [-0.2, -0.15) is 13.2 Å². The number of H-pyrrole nitrogens is 1. The Labute approximate surface area is 182 Å². The molecule has 0 aliphatic carbocycles. The molecule has 1 aromatic heterocycles. The monoisotopic (exact) mass is 478 g/mol. The topological polar surface area (TPSA) is 113 Å². The quantitative estimate of drug-likeness (QED) is 0.626. The van der Waals surface area contributed by atoms with Crippen LogP contribution in [0, 0.1) is 5.92 Å². The fraction of sp³-hybridized carbons (Fsp3) is 0.333. The maximum absolute atomic E-state index is 14.3. The van der Waals surface area contributed by atoms with Crippen molar-refractivity contribution in [2.24, 2.45) is 5.92 Å². The zero-order chi connectivity index (χ0) is 23.3. The molecular weight excluding hydrogens is 464 g/mol. The summed E-state index contributed by atoms with van der Waals surface area (Å²) < 4.78 is 43.7. The van der Waals surface area contributed by atoms with E-state index in [1.807, 2.05) is 5.32 Å². The zero-order valence-electron chi connectivity index (χ0n) is 16.0. The first-order valence-electron chi connectivity index (χ1n) is 8.83. The third-order valence-electron chi connectivity index (χ3n) is 4.60. The van der Waals surface area contributed by atoms with Gasteiger partial charge in [0.1, 0.15) is 11.4 Å². The third kappa shape index (κ3) is 3.72. The lowest BCUT2D eigenvalue weighted by molar-refractivity contribution is -0.196. The molecule has 2 heterocycles. The lowest BCUT2D eigenvalue weighted by Crippen LogP contribution is -2.62. The number of halogens is 5. The van der Waals surface area contributed by atoms with Gasteiger partial charge in [-0.05, 0) is 24.1 Å². The maximum Gasteiger partial charge on any atom is 0.425 e. The standard InChI is InChI=1S/C18H15Cl2F3N4O4/c1-7(2)6-27-12-11(14(29)25-16(27)31)17(15(30)24-12,18(21,22)23)26-13(28)9-4-3-8(19)5-10(9)20/h3-5,7H,6H2,1-2H3,(H,24,30)(H,26,28)(H,25,29,31). The number of rotatable bonds is 4. The number of benzene rings is 1. The Morgan fingerprint density at radius 1 is 1.23 bits per heavy atom. The van der Waals surface area contributed by atoms with Crippen LogP contribution in [-0.4, -0.2) is 27.5 Å². The first-order valence-corrected chi connectivity index (χ1v) is 9.58. The molecule has 2 amide bonds. The fourth-order valence-electron chi connectivity index (χ4n) is 3.28. The van der Waals surface area contributed by atoms with Crippen molar-refractivity contribution in [3.8, 4) is 0 Å². The predicted molar refractivity (Wildman–Crippen MR) is 106 cm³/mol. The number of carbonyl (C=O) groups excluding carboxylic acids is 2. The molecule has 0 radical (unpaired) electrons. The highest BCUT2D eigenvalue weighted by molar-refractivity contribution is 6.36. The largest absolute Gasteiger partial charge is 0.425 e. The normalized spacial score (nSPS) is 18.1. The van der Waals surface area contributed by atoms with Crippen molar-refractivity contribution in [1.82, 2.24) is 14.9 Å². The van der Waals surface area contributed by atoms with E-state index in [4.69, 9.17) is 23.2 Å². The van der Waals surface area contributed by atoms with Crippen LogP contribution in [0.1, 0.15) is 29.8 Å². The average Bonchev–Trinajstić information content (AvgIpc) is 2.92. The van der Waals surface area contributed by atoms with E-state index in [-0.39, 0.29) is 22.5 Å². The molecule has 1 unspecified atom stereocenters. The summed E-state index contributed by atoms with van der Waals surface area (Å²) in [6.45, 7) is 3.27. The van der Waals surface area contributed by atoms with Crippen LogP contribution in [0.4, 0.5) is 19.0 Å². The number of carbonyl (C=O) groups is 2. The van der Waals surface area contributed by atoms with Crippen molar-refractivity contribution in [2.45, 2.75) is 32.1 Å². The first kappa shape index (κ1) is 22.9. The lowest BCUT2D eigenvalue weighted by atomic mass is 9.91. The van der Waals surface area contributed by atoms with Crippen LogP contribution in [0.25, 0.3) is 0 Å². The number of aromatic nitrogens is 2. The van der Waals surface area contributed by atoms with Gasteiger partial charge >= 0.3 is 11.9 Å². The Morgan fingerprint density at radius 2 is 1.87 bits per heavy atom. The van der Waals surface area contributed by atoms with Gasteiger partial charge in [-0.25, -0.2) is 4.79 Å². The van der Waals surface area contributed by atoms with Gasteiger partial charge in [0.2, 0.25) is 0 Å². The SMILES string of the molecule is CC(C)Cn1c2c(c(=O)[nH]c1=O)C(NC(=O)c1ccc(Cl)cc1Cl)(C(F)(F)F)C(=O)N2. The molecule has 0 saturated heterocycles. The molecule has 166 valence electrons. The van der Waals surface area contributed by atoms with Gasteiger partial charge in [0.25, 0.3) is 22.9 Å². The maximum atomic E-state index is 14.3. The highest BCUT2D eigenvalue weighted by Crippen LogP contribution is 2.45. The summed E-state index contributed by atoms with van der Waals surface area (Å²) in [5, 5.41) is 3.43. The molecule has 0 saturated carbocycles. The average molecular weight is 479 g/mol. The number of nitrogens with one attached hydrogen (secondary N) is 3. The lowest BCUT2D eigenvalue weighted by Gasteiger charge is -2.30. The van der Waals surface area contributed by atoms with Crippen LogP contribution in [-0.2, 0) is 16.9 Å². The minimum absolute atomic E-state index is 0.0941. The summed E-state index contributed by atoms with van der Waals surface area (Å²) >= 11 is 11.6. The van der Waals surface area contributed by atoms with E-state index in [2.05, 4.69) is 0 Å². The number of fused-ring (bicyclic) bond motifs is 1. The molecule has 3 N–H and O–H groups in total. The van der Waals surface area contributed by atoms with E-state index in [1.54, 1.807) is 24.1 Å². The van der Waals surface area contributed by atoms with Crippen molar-refractivity contribution in [2.75, 3.05) is 5.32 Å². The molecule has 1 aliphatic rings. The number of amides is 2. The minimum Gasteiger partial charge on any atom is -0.326 e. The molecule has 0 bridgehead atoms. The Balaban J connectivity index is 2.25. The van der Waals surface area contributed by atoms with Crippen molar-refractivity contribution in [3.63, 3.8) is 0 Å². The molecular formula is C18H15Cl2F3N4O4. The zero-order valence-corrected chi connectivity index (χ0v) is 17.5. The van der Waals surface area contributed by atoms with Crippen molar-refractivity contribution in [1.29, 1.82) is 0 Å². The van der Waals surface area contributed by atoms with Gasteiger partial charge in [0.05, 0.1) is 10.6 Å². The van der Waals surface area contributed by atoms with E-state index in [9.17, 15) is 32.3 Å². The predicted octanol–water partition coefficient (Wildman–Crippen LogP) is 2.64.